The molecule has 3 heterocycles. The fraction of sp³-hybridized carbons (Fsp3) is 0.400. The first-order valence-electron chi connectivity index (χ1n) is 11.7. The normalized spacial score (nSPS) is 17.0. The summed E-state index contributed by atoms with van der Waals surface area (Å²) in [6, 6.07) is 12.6. The first kappa shape index (κ1) is 28.2. The number of hydrogen-bond donors (Lipinski definition) is 4. The van der Waals surface area contributed by atoms with E-state index in [0.29, 0.717) is 18.8 Å². The Kier molecular flexibility index (Phi) is 12.4. The standard InChI is InChI=1S/C23H30N6O.2CH2O2/c1-28-19(9-12-26-28)7-8-23(30)27-21-17-29(16-11-22-24-13-14-25-22)15-10-20(21)18-5-3-2-4-6-18;2*2-1-3/h2-6,9,12-14,20-21H,7-8,10-11,15-17H2,1H3,(H,24,25)(H,27,30);2*1H,(H,2,3)/t20-,21-;;/m0../s1. The van der Waals surface area contributed by atoms with E-state index >= 15 is 0 Å². The van der Waals surface area contributed by atoms with Gasteiger partial charge in [-0.15, -0.1) is 0 Å². The van der Waals surface area contributed by atoms with E-state index in [1.807, 2.05) is 30.1 Å². The van der Waals surface area contributed by atoms with Crippen LogP contribution in [-0.2, 0) is 34.3 Å². The van der Waals surface area contributed by atoms with Crippen LogP contribution in [0.3, 0.4) is 0 Å². The Bertz CT molecular complexity index is 1020. The smallest absolute Gasteiger partial charge is 0.290 e. The van der Waals surface area contributed by atoms with Gasteiger partial charge in [0.1, 0.15) is 5.82 Å². The molecular formula is C25H34N6O5. The number of piperidine rings is 1. The third-order valence-electron chi connectivity index (χ3n) is 6.02. The molecule has 11 nitrogen and oxygen atoms in total. The minimum absolute atomic E-state index is 0.106. The maximum atomic E-state index is 12.8. The molecule has 1 amide bonds. The van der Waals surface area contributed by atoms with Crippen molar-refractivity contribution in [2.24, 2.45) is 7.05 Å². The molecule has 0 radical (unpaired) electrons. The molecule has 1 aliphatic rings. The average molecular weight is 499 g/mol. The number of benzene rings is 1. The minimum atomic E-state index is -0.250. The van der Waals surface area contributed by atoms with Crippen LogP contribution >= 0.6 is 0 Å². The molecular weight excluding hydrogens is 464 g/mol. The topological polar surface area (TPSA) is 153 Å². The number of amides is 1. The Hall–Kier alpha value is -3.99. The molecule has 1 fully saturated rings. The van der Waals surface area contributed by atoms with Gasteiger partial charge in [0, 0.05) is 69.2 Å². The number of rotatable bonds is 8. The second kappa shape index (κ2) is 15.8. The highest BCUT2D eigenvalue weighted by atomic mass is 16.3. The van der Waals surface area contributed by atoms with Gasteiger partial charge in [-0.3, -0.25) is 19.1 Å². The van der Waals surface area contributed by atoms with Gasteiger partial charge in [-0.2, -0.15) is 5.10 Å². The third kappa shape index (κ3) is 9.34. The van der Waals surface area contributed by atoms with Crippen molar-refractivity contribution in [1.82, 2.24) is 30.0 Å². The molecule has 194 valence electrons. The molecule has 11 heteroatoms. The lowest BCUT2D eigenvalue weighted by Gasteiger charge is -2.39. The minimum Gasteiger partial charge on any atom is -0.483 e. The zero-order valence-electron chi connectivity index (χ0n) is 20.4. The molecule has 4 N–H and O–H groups in total. The van der Waals surface area contributed by atoms with E-state index in [9.17, 15) is 4.79 Å². The van der Waals surface area contributed by atoms with Crippen molar-refractivity contribution in [1.29, 1.82) is 0 Å². The average Bonchev–Trinajstić information content (AvgIpc) is 3.55. The van der Waals surface area contributed by atoms with E-state index < -0.39 is 0 Å². The number of H-pyrrole nitrogens is 1. The fourth-order valence-electron chi connectivity index (χ4n) is 4.33. The Morgan fingerprint density at radius 3 is 2.47 bits per heavy atom. The maximum Gasteiger partial charge on any atom is 0.290 e. The molecule has 1 aromatic carbocycles. The molecule has 0 bridgehead atoms. The van der Waals surface area contributed by atoms with Crippen LogP contribution < -0.4 is 5.32 Å². The lowest BCUT2D eigenvalue weighted by Crippen LogP contribution is -2.52. The molecule has 0 unspecified atom stereocenters. The number of hydrogen-bond acceptors (Lipinski definition) is 6. The Morgan fingerprint density at radius 2 is 1.86 bits per heavy atom. The maximum absolute atomic E-state index is 12.8. The van der Waals surface area contributed by atoms with Gasteiger partial charge in [-0.1, -0.05) is 30.3 Å². The molecule has 2 aromatic heterocycles. The number of aryl methyl sites for hydroxylation is 2. The van der Waals surface area contributed by atoms with E-state index in [1.54, 1.807) is 12.4 Å². The predicted molar refractivity (Wildman–Crippen MR) is 133 cm³/mol. The van der Waals surface area contributed by atoms with E-state index in [-0.39, 0.29) is 24.9 Å². The van der Waals surface area contributed by atoms with E-state index in [4.69, 9.17) is 19.8 Å². The first-order chi connectivity index (χ1) is 17.5. The fourth-order valence-corrected chi connectivity index (χ4v) is 4.33. The highest BCUT2D eigenvalue weighted by molar-refractivity contribution is 5.76. The van der Waals surface area contributed by atoms with Crippen LogP contribution in [0.4, 0.5) is 0 Å². The molecule has 2 atom stereocenters. The van der Waals surface area contributed by atoms with Crippen molar-refractivity contribution in [2.75, 3.05) is 19.6 Å². The number of nitrogens with zero attached hydrogens (tertiary/aromatic N) is 4. The van der Waals surface area contributed by atoms with Crippen LogP contribution in [0.25, 0.3) is 0 Å². The van der Waals surface area contributed by atoms with E-state index in [0.717, 1.165) is 44.0 Å². The van der Waals surface area contributed by atoms with Crippen molar-refractivity contribution < 1.29 is 24.6 Å². The lowest BCUT2D eigenvalue weighted by molar-refractivity contribution is -0.123. The van der Waals surface area contributed by atoms with Crippen LogP contribution in [-0.4, -0.2) is 79.4 Å². The van der Waals surface area contributed by atoms with Gasteiger partial charge in [0.05, 0.1) is 0 Å². The second-order valence-electron chi connectivity index (χ2n) is 8.22. The Balaban J connectivity index is 0.000000693. The summed E-state index contributed by atoms with van der Waals surface area (Å²) >= 11 is 0. The number of aromatic nitrogens is 4. The Morgan fingerprint density at radius 1 is 1.14 bits per heavy atom. The summed E-state index contributed by atoms with van der Waals surface area (Å²) in [5.41, 5.74) is 2.38. The van der Waals surface area contributed by atoms with Crippen molar-refractivity contribution in [2.45, 2.75) is 37.6 Å². The number of carbonyl (C=O) groups excluding carboxylic acids is 1. The molecule has 36 heavy (non-hydrogen) atoms. The number of imidazole rings is 1. The summed E-state index contributed by atoms with van der Waals surface area (Å²) in [4.78, 5) is 39.4. The van der Waals surface area contributed by atoms with Crippen LogP contribution in [0.15, 0.2) is 55.0 Å². The van der Waals surface area contributed by atoms with Gasteiger partial charge in [0.25, 0.3) is 12.9 Å². The van der Waals surface area contributed by atoms with Crippen molar-refractivity contribution in [3.63, 3.8) is 0 Å². The van der Waals surface area contributed by atoms with Crippen molar-refractivity contribution >= 4 is 18.9 Å². The molecule has 0 aliphatic carbocycles. The molecule has 4 rings (SSSR count). The molecule has 0 saturated carbocycles. The highest BCUT2D eigenvalue weighted by Gasteiger charge is 2.31. The van der Waals surface area contributed by atoms with Gasteiger partial charge < -0.3 is 25.4 Å². The van der Waals surface area contributed by atoms with Crippen molar-refractivity contribution in [3.8, 4) is 0 Å². The van der Waals surface area contributed by atoms with Crippen molar-refractivity contribution in [3.05, 3.63) is 72.1 Å². The second-order valence-corrected chi connectivity index (χ2v) is 8.22. The number of nitrogens with one attached hydrogen (secondary N) is 2. The van der Waals surface area contributed by atoms with E-state index in [2.05, 4.69) is 49.5 Å². The number of carbonyl (C=O) groups is 3. The zero-order chi connectivity index (χ0) is 26.2. The summed E-state index contributed by atoms with van der Waals surface area (Å²) in [5, 5.41) is 21.3. The highest BCUT2D eigenvalue weighted by Crippen LogP contribution is 2.28. The lowest BCUT2D eigenvalue weighted by atomic mass is 9.85. The molecule has 0 spiro atoms. The first-order valence-corrected chi connectivity index (χ1v) is 11.7. The summed E-state index contributed by atoms with van der Waals surface area (Å²) in [6.07, 6.45) is 8.54. The van der Waals surface area contributed by atoms with Gasteiger partial charge >= 0.3 is 0 Å². The van der Waals surface area contributed by atoms with Crippen LogP contribution in [0.2, 0.25) is 0 Å². The van der Waals surface area contributed by atoms with Crippen LogP contribution in [0.1, 0.15) is 35.8 Å². The van der Waals surface area contributed by atoms with Crippen LogP contribution in [0, 0.1) is 0 Å². The predicted octanol–water partition coefficient (Wildman–Crippen LogP) is 1.69. The van der Waals surface area contributed by atoms with E-state index in [1.165, 1.54) is 5.56 Å². The zero-order valence-corrected chi connectivity index (χ0v) is 20.4. The number of carboxylic acid groups (broad SMARTS) is 2. The summed E-state index contributed by atoms with van der Waals surface area (Å²) in [7, 11) is 1.91. The van der Waals surface area contributed by atoms with Gasteiger partial charge in [-0.25, -0.2) is 4.98 Å². The largest absolute Gasteiger partial charge is 0.483 e. The SMILES string of the molecule is Cn1nccc1CCC(=O)N[C@H]1CN(CCc2ncc[nH]2)CC[C@H]1c1ccccc1.O=CO.O=CO. The quantitative estimate of drug-likeness (QED) is 0.342. The number of likely N-dealkylation sites (tertiary alicyclic amines) is 1. The Labute approximate surface area is 210 Å². The third-order valence-corrected chi connectivity index (χ3v) is 6.02. The van der Waals surface area contributed by atoms with Gasteiger partial charge in [0.2, 0.25) is 5.91 Å². The van der Waals surface area contributed by atoms with Gasteiger partial charge in [-0.05, 0) is 31.0 Å². The van der Waals surface area contributed by atoms with Crippen LogP contribution in [0.5, 0.6) is 0 Å². The molecule has 3 aromatic rings. The summed E-state index contributed by atoms with van der Waals surface area (Å²) in [5.74, 6) is 1.46. The van der Waals surface area contributed by atoms with Gasteiger partial charge in [0.15, 0.2) is 0 Å². The number of aromatic amines is 1. The monoisotopic (exact) mass is 498 g/mol. The molecule has 1 saturated heterocycles. The molecule has 1 aliphatic heterocycles. The summed E-state index contributed by atoms with van der Waals surface area (Å²) in [6.45, 7) is 2.33. The summed E-state index contributed by atoms with van der Waals surface area (Å²) < 4.78 is 1.83.